The number of nitrogens with one attached hydrogen (secondary N) is 3. The molecular weight excluding hydrogens is 1090 g/mol. The fourth-order valence-corrected chi connectivity index (χ4v) is 12.6. The number of aliphatic hydroxyl groups excluding tert-OH is 1. The number of anilines is 1. The summed E-state index contributed by atoms with van der Waals surface area (Å²) < 4.78 is 98.2. The summed E-state index contributed by atoms with van der Waals surface area (Å²) >= 11 is 6.73. The van der Waals surface area contributed by atoms with Crippen molar-refractivity contribution in [2.45, 2.75) is 108 Å². The number of hydrogen-bond donors (Lipinski definition) is 4. The Kier molecular flexibility index (Phi) is 15.4. The van der Waals surface area contributed by atoms with Gasteiger partial charge in [0, 0.05) is 95.7 Å². The van der Waals surface area contributed by atoms with Crippen LogP contribution in [0, 0.1) is 17.6 Å². The van der Waals surface area contributed by atoms with E-state index in [1.807, 2.05) is 54.8 Å². The topological polar surface area (TPSA) is 181 Å². The van der Waals surface area contributed by atoms with Gasteiger partial charge >= 0.3 is 12.2 Å². The zero-order valence-corrected chi connectivity index (χ0v) is 46.0. The number of carbonyl (C=O) groups excluding carboxylic acids is 1. The summed E-state index contributed by atoms with van der Waals surface area (Å²) in [7, 11) is 0. The van der Waals surface area contributed by atoms with Crippen LogP contribution in [-0.4, -0.2) is 121 Å². The standard InChI is InChI=1S/C60H61ClF5N11O5/c1-32(2)55(58(79)75-20-6-9-50(75)33(3)69-49(30-78)37-16-14-35(15-17-37)41-7-4-5-8-45(41)62)77-29-48(73-74-77)36-12-10-34(11-13-36)31-81-56-52(51-43-27-68-72-47(43)25-46(63)53(51)61)44(60(64,65)66)24-42-54(56)70-59(82-40-18-21-80-22-19-40)71-57(42)76-28-38-23-39(76)26-67-38/h4-5,7-8,10-17,24-25,27,29,32-33,38-40,49-50,55,67,69,78H,6,9,18-23,26,28,30-31H2,1-3H3,(H,68,72)/t33?,38-,39-,49?,50?,55-/m0/s1. The molecule has 428 valence electrons. The highest BCUT2D eigenvalue weighted by molar-refractivity contribution is 6.35. The molecule has 4 fully saturated rings. The molecular formula is C60H61ClF5N11O5. The molecule has 0 saturated carbocycles. The number of rotatable bonds is 17. The van der Waals surface area contributed by atoms with Crippen LogP contribution >= 0.6 is 11.6 Å². The summed E-state index contributed by atoms with van der Waals surface area (Å²) in [6.07, 6.45) is 1.14. The van der Waals surface area contributed by atoms with E-state index in [1.165, 1.54) is 12.3 Å². The molecule has 2 bridgehead atoms. The monoisotopic (exact) mass is 1150 g/mol. The molecule has 3 aromatic heterocycles. The van der Waals surface area contributed by atoms with Crippen molar-refractivity contribution in [3.8, 4) is 45.3 Å². The number of alkyl halides is 3. The van der Waals surface area contributed by atoms with Crippen molar-refractivity contribution in [3.05, 3.63) is 131 Å². The molecule has 12 rings (SSSR count). The minimum atomic E-state index is -5.01. The van der Waals surface area contributed by atoms with Crippen molar-refractivity contribution in [3.63, 3.8) is 0 Å². The Morgan fingerprint density at radius 3 is 2.41 bits per heavy atom. The molecule has 4 N–H and O–H groups in total. The van der Waals surface area contributed by atoms with Gasteiger partial charge in [-0.3, -0.25) is 9.89 Å². The lowest BCUT2D eigenvalue weighted by Gasteiger charge is -2.35. The quantitative estimate of drug-likeness (QED) is 0.0633. The first kappa shape index (κ1) is 55.2. The van der Waals surface area contributed by atoms with E-state index >= 15 is 17.6 Å². The Hall–Kier alpha value is -7.30. The van der Waals surface area contributed by atoms with Crippen LogP contribution in [0.25, 0.3) is 55.3 Å². The number of amides is 1. The number of piperazine rings is 1. The van der Waals surface area contributed by atoms with Crippen LogP contribution in [0.5, 0.6) is 11.8 Å². The Bertz CT molecular complexity index is 3630. The van der Waals surface area contributed by atoms with E-state index in [9.17, 15) is 14.3 Å². The van der Waals surface area contributed by atoms with Crippen molar-refractivity contribution < 1.29 is 46.1 Å². The van der Waals surface area contributed by atoms with Crippen LogP contribution in [0.4, 0.5) is 27.8 Å². The number of carbonyl (C=O) groups is 1. The first-order valence-corrected chi connectivity index (χ1v) is 28.2. The second-order valence-corrected chi connectivity index (χ2v) is 22.5. The number of aliphatic hydroxyl groups is 1. The van der Waals surface area contributed by atoms with Crippen LogP contribution in [0.15, 0.2) is 97.3 Å². The van der Waals surface area contributed by atoms with Gasteiger partial charge in [-0.25, -0.2) is 13.5 Å². The van der Waals surface area contributed by atoms with E-state index in [0.717, 1.165) is 42.5 Å². The highest BCUT2D eigenvalue weighted by Gasteiger charge is 2.44. The lowest BCUT2D eigenvalue weighted by Crippen LogP contribution is -2.51. The molecule has 4 saturated heterocycles. The van der Waals surface area contributed by atoms with E-state index in [4.69, 9.17) is 35.8 Å². The number of fused-ring (bicyclic) bond motifs is 4. The average molecular weight is 1150 g/mol. The fraction of sp³-hybridized carbons (Fsp3) is 0.400. The number of ether oxygens (including phenoxy) is 3. The minimum absolute atomic E-state index is 0.0234. The highest BCUT2D eigenvalue weighted by atomic mass is 35.5. The van der Waals surface area contributed by atoms with Crippen LogP contribution in [-0.2, 0) is 22.3 Å². The van der Waals surface area contributed by atoms with E-state index in [2.05, 4.69) is 31.1 Å². The first-order valence-electron chi connectivity index (χ1n) is 27.8. The third kappa shape index (κ3) is 10.7. The molecule has 7 heterocycles. The lowest BCUT2D eigenvalue weighted by molar-refractivity contribution is -0.138. The van der Waals surface area contributed by atoms with Gasteiger partial charge in [0.2, 0.25) is 5.91 Å². The second kappa shape index (κ2) is 22.8. The van der Waals surface area contributed by atoms with Crippen molar-refractivity contribution in [2.24, 2.45) is 5.92 Å². The van der Waals surface area contributed by atoms with Gasteiger partial charge < -0.3 is 39.8 Å². The molecule has 22 heteroatoms. The molecule has 4 aliphatic rings. The molecule has 0 spiro atoms. The number of halogens is 6. The highest BCUT2D eigenvalue weighted by Crippen LogP contribution is 2.52. The maximum atomic E-state index is 15.9. The van der Waals surface area contributed by atoms with Gasteiger partial charge in [-0.2, -0.15) is 28.2 Å². The van der Waals surface area contributed by atoms with Gasteiger partial charge in [-0.05, 0) is 60.9 Å². The van der Waals surface area contributed by atoms with Gasteiger partial charge in [-0.1, -0.05) is 97.4 Å². The number of hydrogen-bond acceptors (Lipinski definition) is 13. The average Bonchev–Trinajstić information content (AvgIpc) is 3.57. The van der Waals surface area contributed by atoms with Crippen LogP contribution in [0.2, 0.25) is 5.02 Å². The van der Waals surface area contributed by atoms with Crippen LogP contribution in [0.1, 0.15) is 81.6 Å². The number of aromatic nitrogens is 7. The zero-order chi connectivity index (χ0) is 57.0. The number of benzene rings is 5. The Morgan fingerprint density at radius 1 is 0.939 bits per heavy atom. The summed E-state index contributed by atoms with van der Waals surface area (Å²) in [5.41, 5.74) is 1.97. The first-order chi connectivity index (χ1) is 39.6. The van der Waals surface area contributed by atoms with Crippen LogP contribution < -0.4 is 25.0 Å². The molecule has 8 aromatic rings. The maximum Gasteiger partial charge on any atom is 0.417 e. The van der Waals surface area contributed by atoms with Crippen molar-refractivity contribution in [1.82, 2.24) is 50.7 Å². The van der Waals surface area contributed by atoms with Gasteiger partial charge in [0.15, 0.2) is 5.75 Å². The fourth-order valence-electron chi connectivity index (χ4n) is 12.3. The molecule has 16 nitrogen and oxygen atoms in total. The number of aromatic amines is 1. The largest absolute Gasteiger partial charge is 0.486 e. The van der Waals surface area contributed by atoms with E-state index in [-0.39, 0.29) is 106 Å². The third-order valence-corrected chi connectivity index (χ3v) is 16.9. The van der Waals surface area contributed by atoms with E-state index < -0.39 is 40.2 Å². The van der Waals surface area contributed by atoms with Crippen LogP contribution in [0.3, 0.4) is 0 Å². The summed E-state index contributed by atoms with van der Waals surface area (Å²) in [5, 5.41) is 32.9. The summed E-state index contributed by atoms with van der Waals surface area (Å²) in [6, 6.07) is 21.7. The molecule has 82 heavy (non-hydrogen) atoms. The number of likely N-dealkylation sites (tertiary alicyclic amines) is 1. The Morgan fingerprint density at radius 2 is 1.71 bits per heavy atom. The molecule has 0 aliphatic carbocycles. The van der Waals surface area contributed by atoms with Crippen molar-refractivity contribution >= 4 is 45.1 Å². The predicted octanol–water partition coefficient (Wildman–Crippen LogP) is 10.6. The minimum Gasteiger partial charge on any atom is -0.486 e. The van der Waals surface area contributed by atoms with Crippen molar-refractivity contribution in [2.75, 3.05) is 44.4 Å². The van der Waals surface area contributed by atoms with Gasteiger partial charge in [-0.15, -0.1) is 5.10 Å². The second-order valence-electron chi connectivity index (χ2n) is 22.1. The SMILES string of the molecule is CC(NC(CO)c1ccc(-c2ccccc2F)cc1)C1CCCN1C(=O)[C@H](C(C)C)n1cc(-c2ccc(COc3c(-c4c(Cl)c(F)cc5[nH]ncc45)c(C(F)(F)F)cc4c(N5C[C@@H]6C[C@H]5CN6)nc(OC5CCOCC5)nc34)cc2)nn1. The number of nitrogens with zero attached hydrogens (tertiary/aromatic N) is 8. The number of H-pyrrole nitrogens is 1. The molecule has 4 aliphatic heterocycles. The third-order valence-electron chi connectivity index (χ3n) is 16.5. The molecule has 1 amide bonds. The van der Waals surface area contributed by atoms with Gasteiger partial charge in [0.1, 0.15) is 47.4 Å². The smallest absolute Gasteiger partial charge is 0.417 e. The van der Waals surface area contributed by atoms with Crippen molar-refractivity contribution in [1.29, 1.82) is 0 Å². The zero-order valence-electron chi connectivity index (χ0n) is 45.3. The van der Waals surface area contributed by atoms with E-state index in [1.54, 1.807) is 53.3 Å². The molecule has 5 aromatic carbocycles. The van der Waals surface area contributed by atoms with Gasteiger partial charge in [0.25, 0.3) is 0 Å². The predicted molar refractivity (Wildman–Crippen MR) is 299 cm³/mol. The Labute approximate surface area is 474 Å². The summed E-state index contributed by atoms with van der Waals surface area (Å²) in [6.45, 7) is 8.04. The normalized spacial score (nSPS) is 19.7. The van der Waals surface area contributed by atoms with E-state index in [0.29, 0.717) is 68.1 Å². The van der Waals surface area contributed by atoms with Gasteiger partial charge in [0.05, 0.1) is 54.4 Å². The Balaban J connectivity index is 0.827. The lowest BCUT2D eigenvalue weighted by atomic mass is 9.93. The summed E-state index contributed by atoms with van der Waals surface area (Å²) in [5.74, 6) is -1.60. The summed E-state index contributed by atoms with van der Waals surface area (Å²) in [4.78, 5) is 28.3. The molecule has 0 radical (unpaired) electrons. The molecule has 3 unspecified atom stereocenters. The maximum absolute atomic E-state index is 15.9. The molecule has 6 atom stereocenters.